The van der Waals surface area contributed by atoms with Gasteiger partial charge in [-0.1, -0.05) is 26.3 Å². The second kappa shape index (κ2) is 8.81. The van der Waals surface area contributed by atoms with Crippen LogP contribution in [0.4, 0.5) is 14.6 Å². The second-order valence-corrected chi connectivity index (χ2v) is 12.0. The summed E-state index contributed by atoms with van der Waals surface area (Å²) in [5.41, 5.74) is -0.387. The number of phenols is 1. The van der Waals surface area contributed by atoms with E-state index >= 15 is 4.39 Å². The fourth-order valence-electron chi connectivity index (χ4n) is 6.87. The van der Waals surface area contributed by atoms with Gasteiger partial charge >= 0.3 is 5.69 Å². The van der Waals surface area contributed by atoms with Gasteiger partial charge in [0.2, 0.25) is 0 Å². The smallest absolute Gasteiger partial charge is 0.348 e. The number of aromatic hydroxyl groups is 1. The Bertz CT molecular complexity index is 1440. The number of nitrogens with zero attached hydrogens (tertiary/aromatic N) is 6. The van der Waals surface area contributed by atoms with E-state index in [1.54, 1.807) is 18.3 Å². The number of halogens is 2. The average Bonchev–Trinajstić information content (AvgIpc) is 3.70. The number of aromatic nitrogens is 5. The van der Waals surface area contributed by atoms with Crippen LogP contribution in [-0.2, 0) is 7.05 Å². The van der Waals surface area contributed by atoms with Gasteiger partial charge in [0.25, 0.3) is 0 Å². The van der Waals surface area contributed by atoms with E-state index < -0.39 is 17.7 Å². The summed E-state index contributed by atoms with van der Waals surface area (Å²) in [5.74, 6) is -0.119. The molecule has 8 nitrogen and oxygen atoms in total. The molecule has 1 aromatic carbocycles. The van der Waals surface area contributed by atoms with Crippen molar-refractivity contribution in [3.63, 3.8) is 0 Å². The Morgan fingerprint density at radius 3 is 2.66 bits per heavy atom. The third-order valence-electron chi connectivity index (χ3n) is 8.73. The summed E-state index contributed by atoms with van der Waals surface area (Å²) in [6.45, 7) is 4.39. The maximum atomic E-state index is 16.1. The molecule has 1 N–H and O–H groups in total. The largest absolute Gasteiger partial charge is 0.507 e. The number of aryl methyl sites for hydroxylation is 1. The van der Waals surface area contributed by atoms with Crippen molar-refractivity contribution in [2.24, 2.45) is 17.9 Å². The fourth-order valence-corrected chi connectivity index (χ4v) is 6.87. The van der Waals surface area contributed by atoms with Crippen LogP contribution in [0.3, 0.4) is 0 Å². The lowest BCUT2D eigenvalue weighted by atomic mass is 9.54. The zero-order chi connectivity index (χ0) is 26.8. The molecule has 2 heterocycles. The molecule has 0 saturated heterocycles. The third-order valence-corrected chi connectivity index (χ3v) is 8.73. The molecule has 3 fully saturated rings. The molecule has 2 aromatic heterocycles. The van der Waals surface area contributed by atoms with Crippen LogP contribution in [0.1, 0.15) is 58.8 Å². The Morgan fingerprint density at radius 1 is 1.18 bits per heavy atom. The highest BCUT2D eigenvalue weighted by Crippen LogP contribution is 2.58. The predicted molar refractivity (Wildman–Crippen MR) is 139 cm³/mol. The first kappa shape index (κ1) is 24.9. The Morgan fingerprint density at radius 2 is 1.97 bits per heavy atom. The minimum absolute atomic E-state index is 0.124. The quantitative estimate of drug-likeness (QED) is 0.514. The van der Waals surface area contributed by atoms with Crippen molar-refractivity contribution in [2.45, 2.75) is 77.0 Å². The number of hydrogen-bond acceptors (Lipinski definition) is 7. The van der Waals surface area contributed by atoms with E-state index in [1.165, 1.54) is 13.1 Å². The zero-order valence-electron chi connectivity index (χ0n) is 21.9. The van der Waals surface area contributed by atoms with Gasteiger partial charge in [0.15, 0.2) is 17.5 Å². The minimum atomic E-state index is -0.946. The van der Waals surface area contributed by atoms with Gasteiger partial charge in [0.1, 0.15) is 17.6 Å². The molecule has 0 radical (unpaired) electrons. The molecule has 0 aliphatic heterocycles. The molecule has 2 bridgehead atoms. The van der Waals surface area contributed by atoms with Gasteiger partial charge in [-0.15, -0.1) is 10.2 Å². The molecule has 3 saturated carbocycles. The number of benzene rings is 1. The number of anilines is 1. The Balaban J connectivity index is 1.29. The van der Waals surface area contributed by atoms with Crippen molar-refractivity contribution in [3.05, 3.63) is 46.9 Å². The monoisotopic (exact) mass is 522 g/mol. The highest BCUT2D eigenvalue weighted by atomic mass is 19.1. The number of alkyl halides is 1. The van der Waals surface area contributed by atoms with Crippen LogP contribution in [0.15, 0.2) is 35.4 Å². The molecule has 6 rings (SSSR count). The summed E-state index contributed by atoms with van der Waals surface area (Å²) < 4.78 is 31.5. The molecule has 3 aliphatic rings. The minimum Gasteiger partial charge on any atom is -0.507 e. The molecule has 3 aliphatic carbocycles. The summed E-state index contributed by atoms with van der Waals surface area (Å²) in [5, 5.41) is 19.4. The first-order chi connectivity index (χ1) is 18.1. The van der Waals surface area contributed by atoms with Gasteiger partial charge in [-0.25, -0.2) is 18.6 Å². The lowest BCUT2D eigenvalue weighted by Gasteiger charge is -2.56. The fraction of sp³-hybridized carbons (Fsp3) is 0.536. The molecule has 200 valence electrons. The first-order valence-corrected chi connectivity index (χ1v) is 13.3. The Kier molecular flexibility index (Phi) is 5.77. The zero-order valence-corrected chi connectivity index (χ0v) is 21.9. The lowest BCUT2D eigenvalue weighted by Crippen LogP contribution is -2.58. The summed E-state index contributed by atoms with van der Waals surface area (Å²) in [4.78, 5) is 22.2. The standard InChI is InChI=1S/C28H32F2N6O2/c1-27-9-4-10-28(2,15-27)24(30)20(12-27)36(17-6-7-17)22-13-31-25(34-33-22)18-8-5-16(11-21(18)37)23-19(29)14-35(3)26(38)32-23/h5,8,11,13-14,17,20,24,37H,4,6-7,9-10,12,15H2,1-3H3/t20-,24-,27-,28-/m1/s1. The highest BCUT2D eigenvalue weighted by molar-refractivity contribution is 5.71. The van der Waals surface area contributed by atoms with Crippen molar-refractivity contribution in [1.29, 1.82) is 0 Å². The van der Waals surface area contributed by atoms with Gasteiger partial charge in [-0.3, -0.25) is 4.57 Å². The second-order valence-electron chi connectivity index (χ2n) is 12.0. The molecule has 0 spiro atoms. The van der Waals surface area contributed by atoms with Crippen LogP contribution in [0, 0.1) is 16.6 Å². The topological polar surface area (TPSA) is 97.0 Å². The number of rotatable bonds is 5. The van der Waals surface area contributed by atoms with Crippen molar-refractivity contribution in [2.75, 3.05) is 4.90 Å². The van der Waals surface area contributed by atoms with Crippen molar-refractivity contribution >= 4 is 5.82 Å². The van der Waals surface area contributed by atoms with Crippen LogP contribution in [0.5, 0.6) is 5.75 Å². The van der Waals surface area contributed by atoms with Crippen molar-refractivity contribution in [1.82, 2.24) is 24.7 Å². The van der Waals surface area contributed by atoms with Crippen LogP contribution in [-0.4, -0.2) is 48.1 Å². The predicted octanol–water partition coefficient (Wildman–Crippen LogP) is 4.81. The van der Waals surface area contributed by atoms with Gasteiger partial charge in [0, 0.05) is 30.3 Å². The molecule has 38 heavy (non-hydrogen) atoms. The molecule has 0 unspecified atom stereocenters. The van der Waals surface area contributed by atoms with Crippen molar-refractivity contribution in [3.8, 4) is 28.4 Å². The summed E-state index contributed by atoms with van der Waals surface area (Å²) >= 11 is 0. The van der Waals surface area contributed by atoms with Crippen molar-refractivity contribution < 1.29 is 13.9 Å². The number of hydrogen-bond donors (Lipinski definition) is 1. The van der Waals surface area contributed by atoms with E-state index in [1.807, 2.05) is 0 Å². The molecule has 4 atom stereocenters. The van der Waals surface area contributed by atoms with E-state index in [0.29, 0.717) is 11.4 Å². The SMILES string of the molecule is Cn1cc(F)c(-c2ccc(-c3ncc(N(C4CC4)[C@@H]4C[C@@]5(C)CCC[C@](C)(C5)[C@@H]4F)nn3)c(O)c2)nc1=O. The summed E-state index contributed by atoms with van der Waals surface area (Å²) in [6, 6.07) is 4.38. The van der Waals surface area contributed by atoms with Gasteiger partial charge < -0.3 is 10.0 Å². The summed E-state index contributed by atoms with van der Waals surface area (Å²) in [7, 11) is 1.41. The molecular formula is C28H32F2N6O2. The first-order valence-electron chi connectivity index (χ1n) is 13.3. The molecular weight excluding hydrogens is 490 g/mol. The average molecular weight is 523 g/mol. The summed E-state index contributed by atoms with van der Waals surface area (Å²) in [6.07, 6.45) is 8.53. The Hall–Kier alpha value is -3.43. The van der Waals surface area contributed by atoms with Crippen LogP contribution >= 0.6 is 0 Å². The maximum absolute atomic E-state index is 16.1. The Labute approximate surface area is 219 Å². The molecule has 10 heteroatoms. The van der Waals surface area contributed by atoms with Gasteiger partial charge in [0.05, 0.1) is 17.8 Å². The maximum Gasteiger partial charge on any atom is 0.348 e. The van der Waals surface area contributed by atoms with E-state index in [0.717, 1.165) is 55.7 Å². The van der Waals surface area contributed by atoms with Crippen LogP contribution in [0.2, 0.25) is 0 Å². The lowest BCUT2D eigenvalue weighted by molar-refractivity contribution is -0.0554. The highest BCUT2D eigenvalue weighted by Gasteiger charge is 2.56. The number of phenolic OH excluding ortho intramolecular Hbond substituents is 1. The van der Waals surface area contributed by atoms with E-state index in [2.05, 4.69) is 38.9 Å². The molecule has 0 amide bonds. The van der Waals surface area contributed by atoms with Gasteiger partial charge in [-0.2, -0.15) is 4.98 Å². The van der Waals surface area contributed by atoms with Crippen LogP contribution in [0.25, 0.3) is 22.6 Å². The van der Waals surface area contributed by atoms with E-state index in [-0.39, 0.29) is 45.7 Å². The normalized spacial score (nSPS) is 28.8. The third kappa shape index (κ3) is 4.23. The van der Waals surface area contributed by atoms with Crippen LogP contribution < -0.4 is 10.6 Å². The van der Waals surface area contributed by atoms with E-state index in [4.69, 9.17) is 0 Å². The van der Waals surface area contributed by atoms with E-state index in [9.17, 15) is 14.3 Å². The number of fused-ring (bicyclic) bond motifs is 2. The molecule has 3 aromatic rings. The van der Waals surface area contributed by atoms with Gasteiger partial charge in [-0.05, 0) is 56.1 Å².